The van der Waals surface area contributed by atoms with Crippen molar-refractivity contribution < 1.29 is 4.79 Å². The molecule has 0 spiro atoms. The first-order chi connectivity index (χ1) is 13.1. The molecule has 3 aromatic rings. The third kappa shape index (κ3) is 3.16. The van der Waals surface area contributed by atoms with Crippen LogP contribution in [0.2, 0.25) is 0 Å². The maximum absolute atomic E-state index is 12.0. The molecule has 4 rings (SSSR count). The van der Waals surface area contributed by atoms with E-state index in [1.807, 2.05) is 22.8 Å². The fraction of sp³-hybridized carbons (Fsp3) is 0.389. The van der Waals surface area contributed by atoms with E-state index in [9.17, 15) is 4.79 Å². The van der Waals surface area contributed by atoms with E-state index in [1.165, 1.54) is 12.4 Å². The number of piperidine rings is 1. The molecule has 140 valence electrons. The second kappa shape index (κ2) is 6.82. The van der Waals surface area contributed by atoms with Crippen molar-refractivity contribution in [3.63, 3.8) is 0 Å². The van der Waals surface area contributed by atoms with Crippen molar-refractivity contribution in [1.29, 1.82) is 0 Å². The Morgan fingerprint density at radius 2 is 2.30 bits per heavy atom. The van der Waals surface area contributed by atoms with Crippen LogP contribution >= 0.6 is 0 Å². The van der Waals surface area contributed by atoms with Gasteiger partial charge in [-0.1, -0.05) is 6.58 Å². The number of aromatic nitrogens is 6. The van der Waals surface area contributed by atoms with Gasteiger partial charge in [-0.15, -0.1) is 0 Å². The highest BCUT2D eigenvalue weighted by atomic mass is 16.2. The Bertz CT molecular complexity index is 1000. The van der Waals surface area contributed by atoms with Crippen molar-refractivity contribution >= 4 is 22.8 Å². The molecule has 1 saturated heterocycles. The predicted molar refractivity (Wildman–Crippen MR) is 101 cm³/mol. The zero-order valence-electron chi connectivity index (χ0n) is 15.2. The van der Waals surface area contributed by atoms with E-state index < -0.39 is 0 Å². The Morgan fingerprint density at radius 1 is 1.44 bits per heavy atom. The van der Waals surface area contributed by atoms with Gasteiger partial charge in [0.05, 0.1) is 11.6 Å². The number of nitrogen functional groups attached to an aromatic ring is 1. The molecule has 9 nitrogen and oxygen atoms in total. The van der Waals surface area contributed by atoms with Gasteiger partial charge < -0.3 is 10.6 Å². The normalized spacial score (nSPS) is 17.4. The molecule has 1 atom stereocenters. The maximum atomic E-state index is 12.0. The van der Waals surface area contributed by atoms with Gasteiger partial charge in [-0.05, 0) is 24.8 Å². The molecule has 0 radical (unpaired) electrons. The average Bonchev–Trinajstić information content (AvgIpc) is 3.26. The van der Waals surface area contributed by atoms with Crippen molar-refractivity contribution in [1.82, 2.24) is 34.4 Å². The lowest BCUT2D eigenvalue weighted by molar-refractivity contribution is -0.127. The summed E-state index contributed by atoms with van der Waals surface area (Å²) in [5.74, 6) is 0.675. The van der Waals surface area contributed by atoms with E-state index in [2.05, 4.69) is 21.6 Å². The number of carbonyl (C=O) groups excluding carboxylic acids is 1. The molecule has 1 aliphatic rings. The minimum absolute atomic E-state index is 0.0207. The third-order valence-electron chi connectivity index (χ3n) is 4.97. The van der Waals surface area contributed by atoms with Gasteiger partial charge in [-0.25, -0.2) is 14.6 Å². The lowest BCUT2D eigenvalue weighted by Gasteiger charge is -2.32. The molecule has 1 fully saturated rings. The molecule has 0 bridgehead atoms. The molecule has 27 heavy (non-hydrogen) atoms. The highest BCUT2D eigenvalue weighted by molar-refractivity contribution is 5.98. The fourth-order valence-corrected chi connectivity index (χ4v) is 3.69. The molecule has 1 aliphatic heterocycles. The van der Waals surface area contributed by atoms with Gasteiger partial charge in [-0.3, -0.25) is 9.48 Å². The van der Waals surface area contributed by atoms with Crippen LogP contribution in [0.5, 0.6) is 0 Å². The first-order valence-corrected chi connectivity index (χ1v) is 8.94. The minimum atomic E-state index is -0.0207. The van der Waals surface area contributed by atoms with Crippen molar-refractivity contribution in [3.8, 4) is 11.3 Å². The number of anilines is 1. The highest BCUT2D eigenvalue weighted by Gasteiger charge is 2.25. The van der Waals surface area contributed by atoms with Crippen LogP contribution in [0.25, 0.3) is 22.3 Å². The van der Waals surface area contributed by atoms with E-state index in [4.69, 9.17) is 10.8 Å². The fourth-order valence-electron chi connectivity index (χ4n) is 3.69. The molecule has 2 N–H and O–H groups in total. The number of hydrogen-bond donors (Lipinski definition) is 1. The smallest absolute Gasteiger partial charge is 0.245 e. The van der Waals surface area contributed by atoms with E-state index in [0.29, 0.717) is 30.5 Å². The van der Waals surface area contributed by atoms with Crippen LogP contribution in [-0.2, 0) is 18.4 Å². The number of fused-ring (bicyclic) bond motifs is 1. The Hall–Kier alpha value is -3.23. The number of aryl methyl sites for hydroxylation is 1. The molecular formula is C18H22N8O. The van der Waals surface area contributed by atoms with Crippen molar-refractivity contribution in [2.75, 3.05) is 18.8 Å². The second-order valence-electron chi connectivity index (χ2n) is 6.89. The van der Waals surface area contributed by atoms with E-state index in [0.717, 1.165) is 36.0 Å². The molecule has 1 unspecified atom stereocenters. The number of amides is 1. The number of carbonyl (C=O) groups is 1. The van der Waals surface area contributed by atoms with Crippen molar-refractivity contribution in [2.45, 2.75) is 19.4 Å². The summed E-state index contributed by atoms with van der Waals surface area (Å²) in [6.45, 7) is 5.71. The van der Waals surface area contributed by atoms with Crippen LogP contribution < -0.4 is 5.73 Å². The second-order valence-corrected chi connectivity index (χ2v) is 6.89. The highest BCUT2D eigenvalue weighted by Crippen LogP contribution is 2.30. The summed E-state index contributed by atoms with van der Waals surface area (Å²) in [6.07, 6.45) is 8.48. The summed E-state index contributed by atoms with van der Waals surface area (Å²) < 4.78 is 3.60. The van der Waals surface area contributed by atoms with Crippen molar-refractivity contribution in [3.05, 3.63) is 31.4 Å². The van der Waals surface area contributed by atoms with Crippen LogP contribution in [0, 0.1) is 5.92 Å². The number of nitrogens with two attached hydrogens (primary N) is 1. The van der Waals surface area contributed by atoms with E-state index in [-0.39, 0.29) is 5.91 Å². The van der Waals surface area contributed by atoms with Gasteiger partial charge in [0.15, 0.2) is 5.65 Å². The lowest BCUT2D eigenvalue weighted by Crippen LogP contribution is -2.40. The Kier molecular flexibility index (Phi) is 4.35. The number of hydrogen-bond acceptors (Lipinski definition) is 6. The molecule has 9 heteroatoms. The van der Waals surface area contributed by atoms with E-state index >= 15 is 0 Å². The zero-order valence-corrected chi connectivity index (χ0v) is 15.2. The van der Waals surface area contributed by atoms with Gasteiger partial charge >= 0.3 is 0 Å². The average molecular weight is 366 g/mol. The van der Waals surface area contributed by atoms with Gasteiger partial charge in [0, 0.05) is 38.4 Å². The van der Waals surface area contributed by atoms with Gasteiger partial charge in [0.25, 0.3) is 0 Å². The molecule has 3 aromatic heterocycles. The molecule has 0 aromatic carbocycles. The van der Waals surface area contributed by atoms with E-state index in [1.54, 1.807) is 10.9 Å². The molecule has 1 amide bonds. The third-order valence-corrected chi connectivity index (χ3v) is 4.97. The van der Waals surface area contributed by atoms with Crippen LogP contribution in [0.3, 0.4) is 0 Å². The zero-order chi connectivity index (χ0) is 19.0. The largest absolute Gasteiger partial charge is 0.383 e. The van der Waals surface area contributed by atoms with Gasteiger partial charge in [0.1, 0.15) is 17.8 Å². The van der Waals surface area contributed by atoms with Crippen LogP contribution in [0.4, 0.5) is 5.82 Å². The van der Waals surface area contributed by atoms with Crippen LogP contribution in [0.15, 0.2) is 31.4 Å². The number of likely N-dealkylation sites (tertiary alicyclic amines) is 1. The quantitative estimate of drug-likeness (QED) is 0.696. The summed E-state index contributed by atoms with van der Waals surface area (Å²) >= 11 is 0. The minimum Gasteiger partial charge on any atom is -0.383 e. The standard InChI is InChI=1S/C18H22N8O/c1-3-14(27)25-6-4-5-12(8-25)9-26-18-15(17(19)20-11-21-18)16(23-26)13-7-22-24(2)10-13/h3,7,10-12H,1,4-6,8-9H2,2H3,(H2,19,20,21). The van der Waals surface area contributed by atoms with Crippen LogP contribution in [-0.4, -0.2) is 53.4 Å². The summed E-state index contributed by atoms with van der Waals surface area (Å²) in [4.78, 5) is 22.3. The Morgan fingerprint density at radius 3 is 3.04 bits per heavy atom. The summed E-state index contributed by atoms with van der Waals surface area (Å²) in [5, 5.41) is 9.74. The molecule has 0 aliphatic carbocycles. The summed E-state index contributed by atoms with van der Waals surface area (Å²) in [7, 11) is 1.86. The number of nitrogens with zero attached hydrogens (tertiary/aromatic N) is 7. The molecular weight excluding hydrogens is 344 g/mol. The maximum Gasteiger partial charge on any atom is 0.245 e. The molecule has 0 saturated carbocycles. The first-order valence-electron chi connectivity index (χ1n) is 8.94. The molecule has 4 heterocycles. The Balaban J connectivity index is 1.69. The number of rotatable bonds is 4. The van der Waals surface area contributed by atoms with Crippen molar-refractivity contribution in [2.24, 2.45) is 13.0 Å². The topological polar surface area (TPSA) is 108 Å². The van der Waals surface area contributed by atoms with Gasteiger partial charge in [-0.2, -0.15) is 10.2 Å². The monoisotopic (exact) mass is 366 g/mol. The Labute approximate surface area is 156 Å². The van der Waals surface area contributed by atoms with Gasteiger partial charge in [0.2, 0.25) is 5.91 Å². The summed E-state index contributed by atoms with van der Waals surface area (Å²) in [6, 6.07) is 0. The predicted octanol–water partition coefficient (Wildman–Crippen LogP) is 1.23. The van der Waals surface area contributed by atoms with Crippen LogP contribution in [0.1, 0.15) is 12.8 Å². The first kappa shape index (κ1) is 17.2. The SMILES string of the molecule is C=CC(=O)N1CCCC(Cn2nc(-c3cnn(C)c3)c3c(N)ncnc32)C1. The lowest BCUT2D eigenvalue weighted by atomic mass is 9.98. The summed E-state index contributed by atoms with van der Waals surface area (Å²) in [5.41, 5.74) is 8.43.